The second-order valence-electron chi connectivity index (χ2n) is 7.06. The molecule has 3 aromatic heterocycles. The average Bonchev–Trinajstić information content (AvgIpc) is 3.14. The van der Waals surface area contributed by atoms with Gasteiger partial charge in [0.25, 0.3) is 11.1 Å². The normalized spacial score (nSPS) is 11.4. The molecule has 0 saturated carbocycles. The average molecular weight is 457 g/mol. The van der Waals surface area contributed by atoms with E-state index in [4.69, 9.17) is 11.5 Å². The molecule has 168 valence electrons. The van der Waals surface area contributed by atoms with Crippen LogP contribution >= 0.6 is 0 Å². The second kappa shape index (κ2) is 7.94. The highest BCUT2D eigenvalue weighted by molar-refractivity contribution is 5.87. The van der Waals surface area contributed by atoms with Crippen molar-refractivity contribution in [3.05, 3.63) is 73.7 Å². The van der Waals surface area contributed by atoms with Gasteiger partial charge in [-0.25, -0.2) is 14.9 Å². The lowest BCUT2D eigenvalue weighted by Crippen LogP contribution is -2.25. The van der Waals surface area contributed by atoms with Crippen molar-refractivity contribution < 1.29 is 0 Å². The molecule has 0 spiro atoms. The van der Waals surface area contributed by atoms with Crippen LogP contribution < -0.4 is 28.3 Å². The predicted molar refractivity (Wildman–Crippen MR) is 124 cm³/mol. The van der Waals surface area contributed by atoms with Crippen molar-refractivity contribution in [1.29, 1.82) is 0 Å². The van der Waals surface area contributed by atoms with Crippen LogP contribution in [0, 0.1) is 0 Å². The van der Waals surface area contributed by atoms with E-state index in [2.05, 4.69) is 45.6 Å². The van der Waals surface area contributed by atoms with Gasteiger partial charge in [-0.3, -0.25) is 19.7 Å². The number of hydrogen-bond donors (Lipinski definition) is 6. The molecule has 14 heteroatoms. The molecule has 34 heavy (non-hydrogen) atoms. The zero-order chi connectivity index (χ0) is 23.8. The summed E-state index contributed by atoms with van der Waals surface area (Å²) in [4.78, 5) is 46.2. The molecule has 0 atom stereocenters. The number of rotatable bonds is 4. The summed E-state index contributed by atoms with van der Waals surface area (Å²) in [5.41, 5.74) is 11.1. The van der Waals surface area contributed by atoms with Crippen LogP contribution in [-0.2, 0) is 0 Å². The summed E-state index contributed by atoms with van der Waals surface area (Å²) in [5.74, 6) is 0.0731. The maximum absolute atomic E-state index is 12.9. The molecule has 0 fully saturated rings. The van der Waals surface area contributed by atoms with Crippen LogP contribution in [0.25, 0.3) is 33.5 Å². The molecule has 0 aliphatic rings. The first-order chi connectivity index (χ1) is 16.4. The van der Waals surface area contributed by atoms with Crippen molar-refractivity contribution in [2.45, 2.75) is 0 Å². The molecule has 0 unspecified atom stereocenters. The third-order valence-electron chi connectivity index (χ3n) is 4.90. The minimum atomic E-state index is -0.778. The zero-order valence-corrected chi connectivity index (χ0v) is 17.2. The third kappa shape index (κ3) is 3.50. The molecule has 3 heterocycles. The van der Waals surface area contributed by atoms with Crippen molar-refractivity contribution in [3.8, 4) is 22.5 Å². The van der Waals surface area contributed by atoms with Crippen molar-refractivity contribution in [3.63, 3.8) is 0 Å². The standard InChI is InChI=1S/C20H15N11O3/c21-16-15(17(22)30-29-16)28-26-12-8(13-18(32)24-11-7-2-1-6-10(11)23-13)4-3-5-9(12)14-19(33)25-20(34)31-27-14/h1-7H,(H,24,32)(H5,21,22,29,30)(H2,25,31,33,34). The number of azo groups is 1. The van der Waals surface area contributed by atoms with Crippen molar-refractivity contribution >= 4 is 34.0 Å². The van der Waals surface area contributed by atoms with E-state index in [0.29, 0.717) is 11.0 Å². The maximum atomic E-state index is 12.9. The number of benzene rings is 2. The fourth-order valence-electron chi connectivity index (χ4n) is 3.35. The number of aromatic nitrogens is 7. The van der Waals surface area contributed by atoms with E-state index in [9.17, 15) is 14.4 Å². The summed E-state index contributed by atoms with van der Waals surface area (Å²) in [6, 6.07) is 11.7. The van der Waals surface area contributed by atoms with E-state index >= 15 is 0 Å². The smallest absolute Gasteiger partial charge is 0.342 e. The number of para-hydroxylation sites is 2. The molecular formula is C20H15N11O3. The van der Waals surface area contributed by atoms with Crippen molar-refractivity contribution in [1.82, 2.24) is 35.3 Å². The monoisotopic (exact) mass is 457 g/mol. The predicted octanol–water partition coefficient (Wildman–Crippen LogP) is 1.33. The quantitative estimate of drug-likeness (QED) is 0.215. The van der Waals surface area contributed by atoms with E-state index < -0.39 is 16.8 Å². The van der Waals surface area contributed by atoms with E-state index in [0.717, 1.165) is 0 Å². The lowest BCUT2D eigenvalue weighted by atomic mass is 10.0. The van der Waals surface area contributed by atoms with E-state index in [1.807, 2.05) is 0 Å². The van der Waals surface area contributed by atoms with Crippen LogP contribution in [0.2, 0.25) is 0 Å². The molecule has 0 aliphatic heterocycles. The third-order valence-corrected chi connectivity index (χ3v) is 4.90. The Morgan fingerprint density at radius 2 is 1.44 bits per heavy atom. The molecule has 5 rings (SSSR count). The maximum Gasteiger partial charge on any atom is 0.342 e. The summed E-state index contributed by atoms with van der Waals surface area (Å²) < 4.78 is 0. The van der Waals surface area contributed by atoms with Gasteiger partial charge >= 0.3 is 5.69 Å². The largest absolute Gasteiger partial charge is 0.382 e. The second-order valence-corrected chi connectivity index (χ2v) is 7.06. The molecule has 0 aliphatic carbocycles. The highest BCUT2D eigenvalue weighted by Gasteiger charge is 2.20. The van der Waals surface area contributed by atoms with Crippen LogP contribution in [0.1, 0.15) is 0 Å². The Balaban J connectivity index is 1.81. The topological polar surface area (TPSA) is 230 Å². The van der Waals surface area contributed by atoms with E-state index in [1.54, 1.807) is 36.4 Å². The van der Waals surface area contributed by atoms with Gasteiger partial charge in [-0.2, -0.15) is 10.2 Å². The Morgan fingerprint density at radius 1 is 0.735 bits per heavy atom. The number of aromatic amines is 4. The molecular weight excluding hydrogens is 442 g/mol. The first kappa shape index (κ1) is 20.5. The summed E-state index contributed by atoms with van der Waals surface area (Å²) in [6.07, 6.45) is 0. The summed E-state index contributed by atoms with van der Waals surface area (Å²) in [6.45, 7) is 0. The number of anilines is 2. The molecule has 0 amide bonds. The molecule has 0 bridgehead atoms. The number of nitrogen functional groups attached to an aromatic ring is 2. The first-order valence-electron chi connectivity index (χ1n) is 9.75. The van der Waals surface area contributed by atoms with Gasteiger partial charge < -0.3 is 16.5 Å². The fourth-order valence-corrected chi connectivity index (χ4v) is 3.35. The lowest BCUT2D eigenvalue weighted by Gasteiger charge is -2.09. The number of hydrogen-bond acceptors (Lipinski definition) is 10. The van der Waals surface area contributed by atoms with Crippen LogP contribution in [-0.4, -0.2) is 35.3 Å². The van der Waals surface area contributed by atoms with Gasteiger partial charge in [-0.15, -0.1) is 10.2 Å². The Labute approximate surface area is 187 Å². The number of fused-ring (bicyclic) bond motifs is 1. The van der Waals surface area contributed by atoms with Gasteiger partial charge in [0.2, 0.25) is 0 Å². The van der Waals surface area contributed by atoms with Gasteiger partial charge in [-0.1, -0.05) is 30.3 Å². The van der Waals surface area contributed by atoms with Gasteiger partial charge in [0.1, 0.15) is 17.2 Å². The Hall–Kier alpha value is -5.40. The SMILES string of the molecule is Nc1n[nH]c(N)c1N=Nc1c(-c2n[nH]c(=O)[nH]c2=O)cccc1-c1nc2ccccc2[nH]c1=O. The first-order valence-corrected chi connectivity index (χ1v) is 9.75. The molecule has 0 radical (unpaired) electrons. The minimum absolute atomic E-state index is 0.00183. The summed E-state index contributed by atoms with van der Waals surface area (Å²) >= 11 is 0. The minimum Gasteiger partial charge on any atom is -0.382 e. The highest BCUT2D eigenvalue weighted by Crippen LogP contribution is 2.38. The Morgan fingerprint density at radius 3 is 2.18 bits per heavy atom. The lowest BCUT2D eigenvalue weighted by molar-refractivity contribution is 0.897. The zero-order valence-electron chi connectivity index (χ0n) is 17.2. The van der Waals surface area contributed by atoms with Crippen molar-refractivity contribution in [2.24, 2.45) is 10.2 Å². The van der Waals surface area contributed by atoms with Gasteiger partial charge in [0.05, 0.1) is 11.0 Å². The van der Waals surface area contributed by atoms with Crippen LogP contribution in [0.3, 0.4) is 0 Å². The van der Waals surface area contributed by atoms with Gasteiger partial charge in [0, 0.05) is 11.1 Å². The Bertz CT molecular complexity index is 1740. The number of nitrogens with zero attached hydrogens (tertiary/aromatic N) is 5. The summed E-state index contributed by atoms with van der Waals surface area (Å²) in [7, 11) is 0. The molecule has 0 saturated heterocycles. The van der Waals surface area contributed by atoms with Gasteiger partial charge in [-0.05, 0) is 12.1 Å². The molecule has 2 aromatic carbocycles. The Kier molecular flexibility index (Phi) is 4.79. The van der Waals surface area contributed by atoms with Crippen LogP contribution in [0.15, 0.2) is 67.1 Å². The number of nitrogens with one attached hydrogen (secondary N) is 4. The summed E-state index contributed by atoms with van der Waals surface area (Å²) in [5, 5.41) is 20.6. The molecule has 14 nitrogen and oxygen atoms in total. The van der Waals surface area contributed by atoms with Crippen molar-refractivity contribution in [2.75, 3.05) is 11.5 Å². The highest BCUT2D eigenvalue weighted by atomic mass is 16.2. The fraction of sp³-hybridized carbons (Fsp3) is 0. The molecule has 8 N–H and O–H groups in total. The van der Waals surface area contributed by atoms with Gasteiger partial charge in [0.15, 0.2) is 17.2 Å². The number of nitrogens with two attached hydrogens (primary N) is 2. The molecule has 5 aromatic rings. The van der Waals surface area contributed by atoms with E-state index in [-0.39, 0.29) is 45.5 Å². The van der Waals surface area contributed by atoms with E-state index in [1.165, 1.54) is 6.07 Å². The number of H-pyrrole nitrogens is 4. The van der Waals surface area contributed by atoms with Crippen LogP contribution in [0.4, 0.5) is 23.0 Å². The van der Waals surface area contributed by atoms with Crippen LogP contribution in [0.5, 0.6) is 0 Å².